The van der Waals surface area contributed by atoms with Crippen LogP contribution in [0.1, 0.15) is 45.7 Å². The number of nitrogens with zero attached hydrogens (tertiary/aromatic N) is 1. The van der Waals surface area contributed by atoms with Gasteiger partial charge in [-0.25, -0.2) is 0 Å². The number of carbonyl (C=O) groups is 2. The van der Waals surface area contributed by atoms with Crippen LogP contribution in [0.4, 0.5) is 0 Å². The van der Waals surface area contributed by atoms with Crippen LogP contribution in [-0.2, 0) is 0 Å². The molecule has 0 amide bonds. The second-order valence-corrected chi connectivity index (χ2v) is 4.81. The minimum atomic E-state index is 0.00658. The van der Waals surface area contributed by atoms with E-state index in [0.717, 1.165) is 16.8 Å². The van der Waals surface area contributed by atoms with Crippen LogP contribution in [0.2, 0.25) is 0 Å². The van der Waals surface area contributed by atoms with E-state index in [-0.39, 0.29) is 11.6 Å². The van der Waals surface area contributed by atoms with Gasteiger partial charge in [0.05, 0.1) is 5.71 Å². The Hall–Kier alpha value is -2.55. The largest absolute Gasteiger partial charge is 0.295 e. The molecule has 0 atom stereocenters. The standard InChI is InChI=1S/C18H17NO2/c1-12(20)14-8-10-15(11-9-14)18(19-3)17-7-5-4-6-16(17)13(2)21/h4-11H,1-3H3/b19-18-. The van der Waals surface area contributed by atoms with Gasteiger partial charge in [-0.05, 0) is 13.8 Å². The predicted molar refractivity (Wildman–Crippen MR) is 84.5 cm³/mol. The molecule has 106 valence electrons. The molecule has 0 aliphatic carbocycles. The monoisotopic (exact) mass is 279 g/mol. The number of aliphatic imine (C=N–C) groups is 1. The third kappa shape index (κ3) is 3.14. The zero-order valence-corrected chi connectivity index (χ0v) is 12.4. The number of ketones is 2. The summed E-state index contributed by atoms with van der Waals surface area (Å²) in [5.74, 6) is 0.0350. The number of Topliss-reactive ketones (excluding diaryl/α,β-unsaturated/α-hetero) is 2. The zero-order valence-electron chi connectivity index (χ0n) is 12.4. The summed E-state index contributed by atoms with van der Waals surface area (Å²) in [6.07, 6.45) is 0. The van der Waals surface area contributed by atoms with Crippen molar-refractivity contribution in [3.63, 3.8) is 0 Å². The van der Waals surface area contributed by atoms with Gasteiger partial charge >= 0.3 is 0 Å². The lowest BCUT2D eigenvalue weighted by atomic mass is 9.95. The smallest absolute Gasteiger partial charge is 0.160 e. The van der Waals surface area contributed by atoms with Crippen molar-refractivity contribution in [2.45, 2.75) is 13.8 Å². The van der Waals surface area contributed by atoms with Crippen LogP contribution in [0.15, 0.2) is 53.5 Å². The average molecular weight is 279 g/mol. The molecule has 3 nitrogen and oxygen atoms in total. The number of benzene rings is 2. The third-order valence-electron chi connectivity index (χ3n) is 3.35. The number of hydrogen-bond donors (Lipinski definition) is 0. The molecule has 0 aliphatic rings. The van der Waals surface area contributed by atoms with E-state index in [9.17, 15) is 9.59 Å². The second-order valence-electron chi connectivity index (χ2n) is 4.81. The summed E-state index contributed by atoms with van der Waals surface area (Å²) in [5, 5.41) is 0. The van der Waals surface area contributed by atoms with Crippen LogP contribution in [0.5, 0.6) is 0 Å². The topological polar surface area (TPSA) is 46.5 Å². The van der Waals surface area contributed by atoms with Crippen molar-refractivity contribution < 1.29 is 9.59 Å². The van der Waals surface area contributed by atoms with Gasteiger partial charge in [-0.1, -0.05) is 48.5 Å². The summed E-state index contributed by atoms with van der Waals surface area (Å²) in [5.41, 5.74) is 3.75. The molecule has 2 aromatic rings. The fraction of sp³-hybridized carbons (Fsp3) is 0.167. The quantitative estimate of drug-likeness (QED) is 0.634. The Balaban J connectivity index is 2.51. The molecule has 2 rings (SSSR count). The highest BCUT2D eigenvalue weighted by molar-refractivity contribution is 6.18. The van der Waals surface area contributed by atoms with Gasteiger partial charge in [0.25, 0.3) is 0 Å². The molecular weight excluding hydrogens is 262 g/mol. The summed E-state index contributed by atoms with van der Waals surface area (Å²) < 4.78 is 0. The molecule has 0 aliphatic heterocycles. The van der Waals surface area contributed by atoms with E-state index in [1.54, 1.807) is 32.2 Å². The van der Waals surface area contributed by atoms with E-state index in [1.165, 1.54) is 6.92 Å². The van der Waals surface area contributed by atoms with Gasteiger partial charge < -0.3 is 0 Å². The molecule has 0 N–H and O–H groups in total. The maximum atomic E-state index is 11.8. The van der Waals surface area contributed by atoms with Crippen LogP contribution in [0.25, 0.3) is 0 Å². The van der Waals surface area contributed by atoms with Crippen LogP contribution < -0.4 is 0 Å². The Morgan fingerprint density at radius 3 is 1.76 bits per heavy atom. The van der Waals surface area contributed by atoms with Gasteiger partial charge in [-0.2, -0.15) is 0 Å². The van der Waals surface area contributed by atoms with Gasteiger partial charge in [0.15, 0.2) is 11.6 Å². The first-order valence-electron chi connectivity index (χ1n) is 6.73. The third-order valence-corrected chi connectivity index (χ3v) is 3.35. The Labute approximate surface area is 124 Å². The summed E-state index contributed by atoms with van der Waals surface area (Å²) in [6, 6.07) is 14.7. The molecule has 21 heavy (non-hydrogen) atoms. The van der Waals surface area contributed by atoms with Crippen molar-refractivity contribution >= 4 is 17.3 Å². The lowest BCUT2D eigenvalue weighted by molar-refractivity contribution is 0.100. The maximum Gasteiger partial charge on any atom is 0.160 e. The average Bonchev–Trinajstić information content (AvgIpc) is 2.49. The van der Waals surface area contributed by atoms with Crippen LogP contribution in [0.3, 0.4) is 0 Å². The highest BCUT2D eigenvalue weighted by Crippen LogP contribution is 2.17. The lowest BCUT2D eigenvalue weighted by Crippen LogP contribution is -2.09. The van der Waals surface area contributed by atoms with Gasteiger partial charge in [0.1, 0.15) is 0 Å². The van der Waals surface area contributed by atoms with Crippen LogP contribution in [0, 0.1) is 0 Å². The SMILES string of the molecule is C/N=C(/c1ccc(C(C)=O)cc1)c1ccccc1C(C)=O. The molecule has 2 aromatic carbocycles. The van der Waals surface area contributed by atoms with Gasteiger partial charge in [0.2, 0.25) is 0 Å². The summed E-state index contributed by atoms with van der Waals surface area (Å²) in [7, 11) is 1.70. The number of carbonyl (C=O) groups excluding carboxylic acids is 2. The van der Waals surface area contributed by atoms with Gasteiger partial charge in [-0.15, -0.1) is 0 Å². The lowest BCUT2D eigenvalue weighted by Gasteiger charge is -2.10. The molecule has 0 saturated carbocycles. The predicted octanol–water partition coefficient (Wildman–Crippen LogP) is 3.56. The highest BCUT2D eigenvalue weighted by atomic mass is 16.1. The van der Waals surface area contributed by atoms with Crippen molar-refractivity contribution in [1.29, 1.82) is 0 Å². The molecule has 3 heteroatoms. The first-order valence-corrected chi connectivity index (χ1v) is 6.73. The van der Waals surface area contributed by atoms with Crippen molar-refractivity contribution in [1.82, 2.24) is 0 Å². The van der Waals surface area contributed by atoms with Crippen molar-refractivity contribution in [2.75, 3.05) is 7.05 Å². The summed E-state index contributed by atoms with van der Waals surface area (Å²) in [4.78, 5) is 27.4. The Morgan fingerprint density at radius 1 is 0.762 bits per heavy atom. The first-order chi connectivity index (χ1) is 10.0. The number of rotatable bonds is 4. The maximum absolute atomic E-state index is 11.8. The van der Waals surface area contributed by atoms with E-state index in [2.05, 4.69) is 4.99 Å². The molecule has 0 fully saturated rings. The van der Waals surface area contributed by atoms with Crippen molar-refractivity contribution in [3.05, 3.63) is 70.8 Å². The molecule has 0 spiro atoms. The second kappa shape index (κ2) is 6.27. The highest BCUT2D eigenvalue weighted by Gasteiger charge is 2.13. The van der Waals surface area contributed by atoms with E-state index < -0.39 is 0 Å². The molecule has 0 unspecified atom stereocenters. The molecule has 0 heterocycles. The van der Waals surface area contributed by atoms with Crippen LogP contribution >= 0.6 is 0 Å². The van der Waals surface area contributed by atoms with E-state index in [0.29, 0.717) is 11.1 Å². The normalized spacial score (nSPS) is 11.3. The van der Waals surface area contributed by atoms with Gasteiger partial charge in [-0.3, -0.25) is 14.6 Å². The molecule has 0 radical (unpaired) electrons. The van der Waals surface area contributed by atoms with Crippen molar-refractivity contribution in [2.24, 2.45) is 4.99 Å². The fourth-order valence-corrected chi connectivity index (χ4v) is 2.26. The molecule has 0 saturated heterocycles. The first kappa shape index (κ1) is 14.9. The summed E-state index contributed by atoms with van der Waals surface area (Å²) in [6.45, 7) is 3.08. The van der Waals surface area contributed by atoms with E-state index in [4.69, 9.17) is 0 Å². The zero-order chi connectivity index (χ0) is 15.4. The Bertz CT molecular complexity index is 712. The minimum Gasteiger partial charge on any atom is -0.295 e. The molecule has 0 bridgehead atoms. The Morgan fingerprint density at radius 2 is 1.29 bits per heavy atom. The Kier molecular flexibility index (Phi) is 4.43. The van der Waals surface area contributed by atoms with Crippen LogP contribution in [-0.4, -0.2) is 24.3 Å². The fourth-order valence-electron chi connectivity index (χ4n) is 2.26. The van der Waals surface area contributed by atoms with E-state index in [1.807, 2.05) is 30.3 Å². The molecule has 0 aromatic heterocycles. The number of hydrogen-bond acceptors (Lipinski definition) is 3. The summed E-state index contributed by atoms with van der Waals surface area (Å²) >= 11 is 0. The van der Waals surface area contributed by atoms with Gasteiger partial charge in [0, 0.05) is 29.3 Å². The minimum absolute atomic E-state index is 0.00658. The molecular formula is C18H17NO2. The van der Waals surface area contributed by atoms with Crippen molar-refractivity contribution in [3.8, 4) is 0 Å². The van der Waals surface area contributed by atoms with E-state index >= 15 is 0 Å².